The Hall–Kier alpha value is -2.11. The van der Waals surface area contributed by atoms with Gasteiger partial charge in [-0.2, -0.15) is 10.2 Å². The van der Waals surface area contributed by atoms with E-state index in [0.29, 0.717) is 11.4 Å². The van der Waals surface area contributed by atoms with Crippen molar-refractivity contribution in [3.05, 3.63) is 21.5 Å². The molecule has 17 heavy (non-hydrogen) atoms. The summed E-state index contributed by atoms with van der Waals surface area (Å²) in [6.07, 6.45) is 3.31. The number of hydrogen-bond acceptors (Lipinski definition) is 4. The molecule has 2 heterocycles. The zero-order valence-corrected chi connectivity index (χ0v) is 9.94. The molecule has 90 valence electrons. The van der Waals surface area contributed by atoms with Crippen molar-refractivity contribution in [3.8, 4) is 5.88 Å². The maximum absolute atomic E-state index is 11.6. The Morgan fingerprint density at radius 2 is 2.18 bits per heavy atom. The van der Waals surface area contributed by atoms with Gasteiger partial charge in [-0.1, -0.05) is 0 Å². The van der Waals surface area contributed by atoms with Crippen LogP contribution >= 0.6 is 0 Å². The molecule has 0 aliphatic carbocycles. The molecule has 1 aromatic rings. The summed E-state index contributed by atoms with van der Waals surface area (Å²) in [4.78, 5) is 11.6. The molecular weight excluding hydrogens is 220 g/mol. The predicted octanol–water partition coefficient (Wildman–Crippen LogP) is 1.33. The summed E-state index contributed by atoms with van der Waals surface area (Å²) < 4.78 is 5.50. The molecule has 6 heteroatoms. The standard InChI is InChI=1S/C11H14N4O2/c1-6(2)17-11-9(10(16)14-15-11)4-8-5-12-13-7(8)3/h4-6H,1-3H3,(H2,14,15,16). The van der Waals surface area contributed by atoms with E-state index in [9.17, 15) is 4.79 Å². The molecule has 0 bridgehead atoms. The fourth-order valence-corrected chi connectivity index (χ4v) is 1.44. The van der Waals surface area contributed by atoms with Gasteiger partial charge in [-0.15, -0.1) is 0 Å². The van der Waals surface area contributed by atoms with Gasteiger partial charge in [0.1, 0.15) is 5.56 Å². The monoisotopic (exact) mass is 234 g/mol. The summed E-state index contributed by atoms with van der Waals surface area (Å²) in [5.74, 6) is 0.436. The van der Waals surface area contributed by atoms with Crippen LogP contribution in [0.3, 0.4) is 0 Å². The maximum Gasteiger partial charge on any atom is 0.275 e. The number of rotatable bonds is 3. The highest BCUT2D eigenvalue weighted by atomic mass is 16.5. The average molecular weight is 234 g/mol. The zero-order valence-electron chi connectivity index (χ0n) is 9.94. The van der Waals surface area contributed by atoms with Crippen LogP contribution in [-0.2, 0) is 0 Å². The minimum Gasteiger partial charge on any atom is -0.475 e. The molecule has 0 radical (unpaired) electrons. The first-order valence-electron chi connectivity index (χ1n) is 5.35. The molecule has 1 aliphatic heterocycles. The van der Waals surface area contributed by atoms with E-state index in [0.717, 1.165) is 11.3 Å². The van der Waals surface area contributed by atoms with Crippen molar-refractivity contribution in [3.63, 3.8) is 0 Å². The molecule has 0 unspecified atom stereocenters. The van der Waals surface area contributed by atoms with Gasteiger partial charge < -0.3 is 4.74 Å². The predicted molar refractivity (Wildman–Crippen MR) is 66.8 cm³/mol. The number of nitrogens with zero attached hydrogens (tertiary/aromatic N) is 2. The van der Waals surface area contributed by atoms with Crippen molar-refractivity contribution < 1.29 is 4.74 Å². The lowest BCUT2D eigenvalue weighted by molar-refractivity contribution is 0.232. The molecule has 2 rings (SSSR count). The molecule has 2 N–H and O–H groups in total. The summed E-state index contributed by atoms with van der Waals surface area (Å²) >= 11 is 0. The van der Waals surface area contributed by atoms with Crippen LogP contribution in [0.15, 0.2) is 20.6 Å². The van der Waals surface area contributed by atoms with Gasteiger partial charge in [0, 0.05) is 5.57 Å². The number of allylic oxidation sites excluding steroid dienone is 1. The molecule has 1 aromatic heterocycles. The van der Waals surface area contributed by atoms with Gasteiger partial charge in [0.05, 0.1) is 18.0 Å². The Labute approximate surface area is 98.1 Å². The van der Waals surface area contributed by atoms with Gasteiger partial charge in [-0.3, -0.25) is 15.0 Å². The lowest BCUT2D eigenvalue weighted by Crippen LogP contribution is -2.09. The van der Waals surface area contributed by atoms with E-state index >= 15 is 0 Å². The van der Waals surface area contributed by atoms with E-state index in [2.05, 4.69) is 20.4 Å². The van der Waals surface area contributed by atoms with Crippen molar-refractivity contribution in [2.45, 2.75) is 26.9 Å². The van der Waals surface area contributed by atoms with Crippen LogP contribution in [0.1, 0.15) is 26.3 Å². The molecule has 0 atom stereocenters. The van der Waals surface area contributed by atoms with Crippen LogP contribution in [0.4, 0.5) is 0 Å². The molecule has 6 nitrogen and oxygen atoms in total. The van der Waals surface area contributed by atoms with E-state index in [1.54, 1.807) is 12.3 Å². The van der Waals surface area contributed by atoms with E-state index in [4.69, 9.17) is 4.74 Å². The first kappa shape index (κ1) is 11.4. The molecular formula is C11H14N4O2. The van der Waals surface area contributed by atoms with Crippen LogP contribution in [0.2, 0.25) is 0 Å². The highest BCUT2D eigenvalue weighted by Crippen LogP contribution is 2.17. The normalized spacial score (nSPS) is 16.9. The first-order valence-corrected chi connectivity index (χ1v) is 5.35. The van der Waals surface area contributed by atoms with E-state index in [1.165, 1.54) is 0 Å². The summed E-state index contributed by atoms with van der Waals surface area (Å²) in [6, 6.07) is 0. The summed E-state index contributed by atoms with van der Waals surface area (Å²) in [5, 5.41) is 12.9. The molecule has 1 aliphatic rings. The fraction of sp³-hybridized carbons (Fsp3) is 0.364. The molecule has 0 saturated heterocycles. The summed E-state index contributed by atoms with van der Waals surface area (Å²) in [6.45, 7) is 5.63. The smallest absolute Gasteiger partial charge is 0.275 e. The molecule has 0 saturated carbocycles. The third-order valence-corrected chi connectivity index (χ3v) is 2.25. The number of aromatic nitrogens is 2. The van der Waals surface area contributed by atoms with Crippen LogP contribution in [0, 0.1) is 0 Å². The maximum atomic E-state index is 11.6. The number of hydrogen-bond donors (Lipinski definition) is 2. The van der Waals surface area contributed by atoms with E-state index in [-0.39, 0.29) is 11.7 Å². The first-order chi connectivity index (χ1) is 8.08. The number of H-pyrrole nitrogens is 2. The third-order valence-electron chi connectivity index (χ3n) is 2.25. The quantitative estimate of drug-likeness (QED) is 0.827. The van der Waals surface area contributed by atoms with Gasteiger partial charge >= 0.3 is 0 Å². The van der Waals surface area contributed by atoms with Crippen LogP contribution < -0.4 is 10.3 Å². The van der Waals surface area contributed by atoms with Gasteiger partial charge in [-0.25, -0.2) is 0 Å². The van der Waals surface area contributed by atoms with Crippen molar-refractivity contribution in [2.24, 2.45) is 10.2 Å². The second kappa shape index (κ2) is 4.40. The van der Waals surface area contributed by atoms with E-state index in [1.807, 2.05) is 20.8 Å². The lowest BCUT2D eigenvalue weighted by atomic mass is 10.1. The average Bonchev–Trinajstić information content (AvgIpc) is 2.79. The highest BCUT2D eigenvalue weighted by Gasteiger charge is 2.13. The topological polar surface area (TPSA) is 82.6 Å². The van der Waals surface area contributed by atoms with E-state index < -0.39 is 0 Å². The molecule has 0 aromatic carbocycles. The molecule has 0 amide bonds. The Bertz CT molecular complexity index is 560. The summed E-state index contributed by atoms with van der Waals surface area (Å²) in [5.41, 5.74) is 1.82. The van der Waals surface area contributed by atoms with Crippen molar-refractivity contribution in [2.75, 3.05) is 0 Å². The number of ether oxygens (including phenoxy) is 1. The summed E-state index contributed by atoms with van der Waals surface area (Å²) in [7, 11) is 0. The van der Waals surface area contributed by atoms with Gasteiger partial charge in [0.25, 0.3) is 5.56 Å². The SMILES string of the molecule is CC1=NN=CC1=Cc1c(OC(C)C)[nH][nH]c1=O. The largest absolute Gasteiger partial charge is 0.475 e. The number of nitrogens with one attached hydrogen (secondary N) is 2. The Kier molecular flexibility index (Phi) is 2.95. The van der Waals surface area contributed by atoms with Gasteiger partial charge in [-0.05, 0) is 26.8 Å². The Morgan fingerprint density at radius 3 is 2.76 bits per heavy atom. The second-order valence-electron chi connectivity index (χ2n) is 4.02. The van der Waals surface area contributed by atoms with Crippen molar-refractivity contribution >= 4 is 18.0 Å². The molecule has 0 spiro atoms. The minimum absolute atomic E-state index is 0.00870. The zero-order chi connectivity index (χ0) is 12.4. The van der Waals surface area contributed by atoms with Crippen LogP contribution in [0.5, 0.6) is 5.88 Å². The van der Waals surface area contributed by atoms with Crippen molar-refractivity contribution in [1.82, 2.24) is 10.2 Å². The minimum atomic E-state index is -0.221. The number of aromatic amines is 2. The van der Waals surface area contributed by atoms with Crippen LogP contribution in [-0.4, -0.2) is 28.2 Å². The van der Waals surface area contributed by atoms with Crippen LogP contribution in [0.25, 0.3) is 6.08 Å². The van der Waals surface area contributed by atoms with Gasteiger partial charge in [0.15, 0.2) is 0 Å². The Balaban J connectivity index is 2.39. The highest BCUT2D eigenvalue weighted by molar-refractivity contribution is 6.20. The fourth-order valence-electron chi connectivity index (χ4n) is 1.44. The third kappa shape index (κ3) is 2.35. The molecule has 0 fully saturated rings. The van der Waals surface area contributed by atoms with Gasteiger partial charge in [0.2, 0.25) is 5.88 Å². The Morgan fingerprint density at radius 1 is 1.41 bits per heavy atom. The lowest BCUT2D eigenvalue weighted by Gasteiger charge is -2.07. The van der Waals surface area contributed by atoms with Crippen molar-refractivity contribution in [1.29, 1.82) is 0 Å². The second-order valence-corrected chi connectivity index (χ2v) is 4.02.